The third kappa shape index (κ3) is 5.74. The van der Waals surface area contributed by atoms with E-state index >= 15 is 0 Å². The molecular formula is C68H47NO. The maximum atomic E-state index is 6.69. The predicted octanol–water partition coefficient (Wildman–Crippen LogP) is 18.2. The van der Waals surface area contributed by atoms with E-state index in [1.807, 2.05) is 6.07 Å². The lowest BCUT2D eigenvalue weighted by Gasteiger charge is -2.36. The Hall–Kier alpha value is -8.72. The van der Waals surface area contributed by atoms with E-state index in [2.05, 4.69) is 261 Å². The number of benzene rings is 11. The molecule has 0 saturated carbocycles. The van der Waals surface area contributed by atoms with Gasteiger partial charge in [-0.05, 0) is 114 Å². The second-order valence-corrected chi connectivity index (χ2v) is 19.5. The van der Waals surface area contributed by atoms with Crippen molar-refractivity contribution >= 4 is 49.8 Å². The number of rotatable bonds is 7. The summed E-state index contributed by atoms with van der Waals surface area (Å²) in [7, 11) is 0. The molecule has 0 radical (unpaired) electrons. The van der Waals surface area contributed by atoms with E-state index in [1.54, 1.807) is 0 Å². The molecule has 330 valence electrons. The summed E-state index contributed by atoms with van der Waals surface area (Å²) < 4.78 is 6.69. The quantitative estimate of drug-likeness (QED) is 0.158. The molecule has 70 heavy (non-hydrogen) atoms. The Morgan fingerprint density at radius 1 is 0.329 bits per heavy atom. The standard InChI is InChI=1S/C68H47NO/c1-67(2)59-32-15-11-27-52(59)54-38-36-46(42-62(54)67)69(64-34-17-13-24-48(64)44-20-5-3-6-21-44)47-37-39-55-53-28-12-16-33-60(53)68(63(55)43-47,45-22-7-4-8-23-45)61-41-40-50(49-25-9-10-26-51(49)61)57-30-19-31-58-56-29-14-18-35-65(56)70-66(57)58/h3-43H,1-2H3. The number of hydrogen-bond acceptors (Lipinski definition) is 2. The summed E-state index contributed by atoms with van der Waals surface area (Å²) in [5, 5.41) is 4.65. The second-order valence-electron chi connectivity index (χ2n) is 19.5. The molecule has 1 atom stereocenters. The minimum absolute atomic E-state index is 0.169. The topological polar surface area (TPSA) is 16.4 Å². The third-order valence-electron chi connectivity index (χ3n) is 15.6. The van der Waals surface area contributed by atoms with Crippen LogP contribution in [0.15, 0.2) is 253 Å². The van der Waals surface area contributed by atoms with Gasteiger partial charge in [0.05, 0.1) is 11.1 Å². The van der Waals surface area contributed by atoms with Crippen molar-refractivity contribution in [3.8, 4) is 44.5 Å². The molecule has 11 aromatic carbocycles. The lowest BCUT2D eigenvalue weighted by molar-refractivity contribution is 0.660. The highest BCUT2D eigenvalue weighted by molar-refractivity contribution is 6.13. The van der Waals surface area contributed by atoms with Crippen molar-refractivity contribution in [1.82, 2.24) is 0 Å². The first-order chi connectivity index (χ1) is 34.5. The number of nitrogens with zero attached hydrogens (tertiary/aromatic N) is 1. The summed E-state index contributed by atoms with van der Waals surface area (Å²) in [6.45, 7) is 4.74. The van der Waals surface area contributed by atoms with Crippen LogP contribution in [0.4, 0.5) is 17.1 Å². The molecule has 1 unspecified atom stereocenters. The average molecular weight is 894 g/mol. The average Bonchev–Trinajstić information content (AvgIpc) is 4.03. The Labute approximate surface area is 408 Å². The van der Waals surface area contributed by atoms with Gasteiger partial charge >= 0.3 is 0 Å². The Morgan fingerprint density at radius 2 is 0.857 bits per heavy atom. The lowest BCUT2D eigenvalue weighted by Crippen LogP contribution is -2.29. The van der Waals surface area contributed by atoms with Crippen molar-refractivity contribution in [3.63, 3.8) is 0 Å². The Balaban J connectivity index is 1.04. The SMILES string of the molecule is CC1(C)c2ccccc2-c2ccc(N(c3ccc4c(c3)C(c3ccccc3)(c3ccc(-c5cccc6c5oc5ccccc56)c5ccccc35)c3ccccc3-4)c3ccccc3-c3ccccc3)cc21. The molecule has 14 rings (SSSR count). The Kier molecular flexibility index (Phi) is 8.88. The van der Waals surface area contributed by atoms with Crippen LogP contribution in [0.2, 0.25) is 0 Å². The van der Waals surface area contributed by atoms with Crippen molar-refractivity contribution in [1.29, 1.82) is 0 Å². The van der Waals surface area contributed by atoms with Crippen LogP contribution in [0.1, 0.15) is 47.2 Å². The van der Waals surface area contributed by atoms with E-state index < -0.39 is 5.41 Å². The van der Waals surface area contributed by atoms with Gasteiger partial charge in [-0.1, -0.05) is 226 Å². The van der Waals surface area contributed by atoms with Crippen LogP contribution in [0.25, 0.3) is 77.2 Å². The van der Waals surface area contributed by atoms with Gasteiger partial charge in [-0.3, -0.25) is 0 Å². The van der Waals surface area contributed by atoms with E-state index in [9.17, 15) is 0 Å². The van der Waals surface area contributed by atoms with Gasteiger partial charge in [0.15, 0.2) is 0 Å². The Bertz CT molecular complexity index is 4050. The van der Waals surface area contributed by atoms with Gasteiger partial charge in [0.2, 0.25) is 0 Å². The van der Waals surface area contributed by atoms with Crippen LogP contribution in [0.5, 0.6) is 0 Å². The van der Waals surface area contributed by atoms with Crippen molar-refractivity contribution in [2.75, 3.05) is 4.90 Å². The number of anilines is 3. The van der Waals surface area contributed by atoms with Gasteiger partial charge in [0.25, 0.3) is 0 Å². The summed E-state index contributed by atoms with van der Waals surface area (Å²) in [5.74, 6) is 0. The molecule has 1 aromatic heterocycles. The Morgan fingerprint density at radius 3 is 1.63 bits per heavy atom. The van der Waals surface area contributed by atoms with Crippen LogP contribution >= 0.6 is 0 Å². The lowest BCUT2D eigenvalue weighted by atomic mass is 9.66. The van der Waals surface area contributed by atoms with Crippen molar-refractivity contribution in [2.24, 2.45) is 0 Å². The van der Waals surface area contributed by atoms with E-state index in [0.29, 0.717) is 0 Å². The van der Waals surface area contributed by atoms with Gasteiger partial charge in [0, 0.05) is 38.7 Å². The van der Waals surface area contributed by atoms with E-state index in [0.717, 1.165) is 50.1 Å². The summed E-state index contributed by atoms with van der Waals surface area (Å²) >= 11 is 0. The van der Waals surface area contributed by atoms with Crippen LogP contribution in [-0.2, 0) is 10.8 Å². The van der Waals surface area contributed by atoms with Crippen molar-refractivity contribution in [2.45, 2.75) is 24.7 Å². The molecule has 0 spiro atoms. The highest BCUT2D eigenvalue weighted by Crippen LogP contribution is 2.60. The largest absolute Gasteiger partial charge is 0.455 e. The molecule has 1 heterocycles. The van der Waals surface area contributed by atoms with Crippen LogP contribution in [0, 0.1) is 0 Å². The molecule has 2 aliphatic rings. The molecule has 0 N–H and O–H groups in total. The zero-order valence-corrected chi connectivity index (χ0v) is 39.0. The molecule has 2 heteroatoms. The van der Waals surface area contributed by atoms with E-state index in [-0.39, 0.29) is 5.41 Å². The molecule has 0 saturated heterocycles. The van der Waals surface area contributed by atoms with Gasteiger partial charge in [-0.25, -0.2) is 0 Å². The molecule has 2 aliphatic carbocycles. The second kappa shape index (κ2) is 15.4. The van der Waals surface area contributed by atoms with Gasteiger partial charge in [-0.2, -0.15) is 0 Å². The number of furan rings is 1. The molecule has 0 bridgehead atoms. The molecular weight excluding hydrogens is 847 g/mol. The summed E-state index contributed by atoms with van der Waals surface area (Å²) in [6.07, 6.45) is 0. The fourth-order valence-electron chi connectivity index (χ4n) is 12.5. The molecule has 0 amide bonds. The van der Waals surface area contributed by atoms with E-state index in [4.69, 9.17) is 4.42 Å². The minimum Gasteiger partial charge on any atom is -0.455 e. The summed E-state index contributed by atoms with van der Waals surface area (Å²) in [6, 6.07) is 92.0. The van der Waals surface area contributed by atoms with Crippen LogP contribution in [-0.4, -0.2) is 0 Å². The van der Waals surface area contributed by atoms with Crippen LogP contribution in [0.3, 0.4) is 0 Å². The van der Waals surface area contributed by atoms with E-state index in [1.165, 1.54) is 77.5 Å². The molecule has 12 aromatic rings. The number of para-hydroxylation sites is 3. The fourth-order valence-corrected chi connectivity index (χ4v) is 12.5. The number of hydrogen-bond donors (Lipinski definition) is 0. The first-order valence-electron chi connectivity index (χ1n) is 24.4. The highest BCUT2D eigenvalue weighted by atomic mass is 16.3. The van der Waals surface area contributed by atoms with Crippen LogP contribution < -0.4 is 4.90 Å². The normalized spacial score (nSPS) is 15.2. The highest BCUT2D eigenvalue weighted by Gasteiger charge is 2.47. The molecule has 2 nitrogen and oxygen atoms in total. The maximum Gasteiger partial charge on any atom is 0.143 e. The minimum atomic E-state index is -0.682. The van der Waals surface area contributed by atoms with Gasteiger partial charge in [0.1, 0.15) is 11.2 Å². The summed E-state index contributed by atoms with van der Waals surface area (Å²) in [4.78, 5) is 2.51. The number of fused-ring (bicyclic) bond motifs is 10. The fraction of sp³-hybridized carbons (Fsp3) is 0.0588. The summed E-state index contributed by atoms with van der Waals surface area (Å²) in [5.41, 5.74) is 21.7. The zero-order chi connectivity index (χ0) is 46.6. The monoisotopic (exact) mass is 893 g/mol. The van der Waals surface area contributed by atoms with Crippen molar-refractivity contribution in [3.05, 3.63) is 282 Å². The molecule has 0 fully saturated rings. The first kappa shape index (κ1) is 40.4. The van der Waals surface area contributed by atoms with Crippen molar-refractivity contribution < 1.29 is 4.42 Å². The zero-order valence-electron chi connectivity index (χ0n) is 39.0. The van der Waals surface area contributed by atoms with Gasteiger partial charge in [-0.15, -0.1) is 0 Å². The molecule has 0 aliphatic heterocycles. The first-order valence-corrected chi connectivity index (χ1v) is 24.4. The third-order valence-corrected chi connectivity index (χ3v) is 15.6. The maximum absolute atomic E-state index is 6.69. The smallest absolute Gasteiger partial charge is 0.143 e. The van der Waals surface area contributed by atoms with Gasteiger partial charge < -0.3 is 9.32 Å². The predicted molar refractivity (Wildman–Crippen MR) is 292 cm³/mol.